The number of nitrogen functional groups attached to an aromatic ring is 1. The Morgan fingerprint density at radius 3 is 2.60 bits per heavy atom. The van der Waals surface area contributed by atoms with Crippen LogP contribution in [0.1, 0.15) is 19.9 Å². The van der Waals surface area contributed by atoms with Crippen molar-refractivity contribution in [3.05, 3.63) is 36.7 Å². The van der Waals surface area contributed by atoms with E-state index in [1.807, 2.05) is 34.9 Å². The Morgan fingerprint density at radius 1 is 1.15 bits per heavy atom. The highest BCUT2D eigenvalue weighted by atomic mass is 15.2. The number of para-hydroxylation sites is 1. The largest absolute Gasteiger partial charge is 0.382 e. The third-order valence-electron chi connectivity index (χ3n) is 3.03. The minimum atomic E-state index is 0.263. The van der Waals surface area contributed by atoms with Crippen LogP contribution in [0.3, 0.4) is 0 Å². The molecule has 102 valence electrons. The molecule has 3 N–H and O–H groups in total. The average molecular weight is 268 g/mol. The standard InChI is InChI=1S/C14H16N6/c1-9(2)20-8-16-11-12(15)18-14(19-13(11)20)17-10-6-4-3-5-7-10/h3-9H,1-2H3,(H3,15,17,18,19). The van der Waals surface area contributed by atoms with Gasteiger partial charge in [-0.2, -0.15) is 9.97 Å². The van der Waals surface area contributed by atoms with Crippen LogP contribution in [-0.4, -0.2) is 19.5 Å². The van der Waals surface area contributed by atoms with Crippen molar-refractivity contribution in [2.24, 2.45) is 0 Å². The zero-order valence-electron chi connectivity index (χ0n) is 11.4. The first kappa shape index (κ1) is 12.4. The molecule has 3 aromatic rings. The molecule has 0 fully saturated rings. The van der Waals surface area contributed by atoms with E-state index in [0.717, 1.165) is 11.3 Å². The average Bonchev–Trinajstić information content (AvgIpc) is 2.84. The number of benzene rings is 1. The van der Waals surface area contributed by atoms with Crippen LogP contribution in [0.4, 0.5) is 17.5 Å². The lowest BCUT2D eigenvalue weighted by atomic mass is 10.3. The predicted octanol–water partition coefficient (Wildman–Crippen LogP) is 2.73. The lowest BCUT2D eigenvalue weighted by Gasteiger charge is -2.09. The topological polar surface area (TPSA) is 81.7 Å². The molecule has 0 bridgehead atoms. The fourth-order valence-corrected chi connectivity index (χ4v) is 2.02. The van der Waals surface area contributed by atoms with Gasteiger partial charge in [-0.1, -0.05) is 18.2 Å². The molecule has 0 amide bonds. The maximum atomic E-state index is 5.96. The summed E-state index contributed by atoms with van der Waals surface area (Å²) in [5.41, 5.74) is 8.25. The normalized spacial score (nSPS) is 11.2. The molecule has 0 saturated carbocycles. The Balaban J connectivity index is 2.06. The van der Waals surface area contributed by atoms with Gasteiger partial charge in [0, 0.05) is 11.7 Å². The summed E-state index contributed by atoms with van der Waals surface area (Å²) in [6.07, 6.45) is 1.74. The first-order valence-corrected chi connectivity index (χ1v) is 6.47. The summed E-state index contributed by atoms with van der Waals surface area (Å²) >= 11 is 0. The van der Waals surface area contributed by atoms with Crippen molar-refractivity contribution in [3.63, 3.8) is 0 Å². The molecule has 0 aliphatic heterocycles. The van der Waals surface area contributed by atoms with Crippen LogP contribution in [0.2, 0.25) is 0 Å². The van der Waals surface area contributed by atoms with E-state index in [9.17, 15) is 0 Å². The molecule has 20 heavy (non-hydrogen) atoms. The second-order valence-electron chi connectivity index (χ2n) is 4.84. The van der Waals surface area contributed by atoms with E-state index >= 15 is 0 Å². The molecule has 0 unspecified atom stereocenters. The highest BCUT2D eigenvalue weighted by molar-refractivity contribution is 5.83. The molecule has 0 saturated heterocycles. The number of rotatable bonds is 3. The third-order valence-corrected chi connectivity index (χ3v) is 3.03. The lowest BCUT2D eigenvalue weighted by Crippen LogP contribution is -2.05. The number of aromatic nitrogens is 4. The minimum absolute atomic E-state index is 0.263. The molecular weight excluding hydrogens is 252 g/mol. The number of nitrogens with one attached hydrogen (secondary N) is 1. The maximum absolute atomic E-state index is 5.96. The van der Waals surface area contributed by atoms with Crippen LogP contribution in [-0.2, 0) is 0 Å². The minimum Gasteiger partial charge on any atom is -0.382 e. The molecule has 2 aromatic heterocycles. The number of hydrogen-bond acceptors (Lipinski definition) is 5. The summed E-state index contributed by atoms with van der Waals surface area (Å²) in [6.45, 7) is 4.15. The van der Waals surface area contributed by atoms with E-state index in [-0.39, 0.29) is 6.04 Å². The van der Waals surface area contributed by atoms with Gasteiger partial charge in [-0.25, -0.2) is 4.98 Å². The summed E-state index contributed by atoms with van der Waals surface area (Å²) in [5, 5.41) is 3.15. The molecule has 6 nitrogen and oxygen atoms in total. The maximum Gasteiger partial charge on any atom is 0.231 e. The second-order valence-corrected chi connectivity index (χ2v) is 4.84. The quantitative estimate of drug-likeness (QED) is 0.763. The number of fused-ring (bicyclic) bond motifs is 1. The number of nitrogens with two attached hydrogens (primary N) is 1. The number of hydrogen-bond donors (Lipinski definition) is 2. The molecule has 6 heteroatoms. The van der Waals surface area contributed by atoms with Crippen molar-refractivity contribution in [1.29, 1.82) is 0 Å². The highest BCUT2D eigenvalue weighted by Crippen LogP contribution is 2.22. The van der Waals surface area contributed by atoms with Gasteiger partial charge in [-0.15, -0.1) is 0 Å². The van der Waals surface area contributed by atoms with E-state index in [2.05, 4.69) is 34.1 Å². The molecular formula is C14H16N6. The van der Waals surface area contributed by atoms with Crippen molar-refractivity contribution in [3.8, 4) is 0 Å². The van der Waals surface area contributed by atoms with Gasteiger partial charge in [0.1, 0.15) is 5.52 Å². The van der Waals surface area contributed by atoms with E-state index in [0.29, 0.717) is 17.3 Å². The zero-order valence-corrected chi connectivity index (χ0v) is 11.4. The van der Waals surface area contributed by atoms with Crippen molar-refractivity contribution >= 4 is 28.6 Å². The summed E-state index contributed by atoms with van der Waals surface area (Å²) in [6, 6.07) is 10.0. The van der Waals surface area contributed by atoms with E-state index < -0.39 is 0 Å². The van der Waals surface area contributed by atoms with Crippen LogP contribution in [0.15, 0.2) is 36.7 Å². The van der Waals surface area contributed by atoms with Crippen LogP contribution in [0.25, 0.3) is 11.2 Å². The molecule has 0 spiro atoms. The van der Waals surface area contributed by atoms with Gasteiger partial charge in [-0.05, 0) is 26.0 Å². The first-order valence-electron chi connectivity index (χ1n) is 6.47. The van der Waals surface area contributed by atoms with E-state index in [1.54, 1.807) is 6.33 Å². The zero-order chi connectivity index (χ0) is 14.1. The van der Waals surface area contributed by atoms with Gasteiger partial charge >= 0.3 is 0 Å². The lowest BCUT2D eigenvalue weighted by molar-refractivity contribution is 0.613. The van der Waals surface area contributed by atoms with Gasteiger partial charge in [0.2, 0.25) is 5.95 Å². The molecule has 0 atom stereocenters. The molecule has 0 aliphatic carbocycles. The van der Waals surface area contributed by atoms with Crippen molar-refractivity contribution in [2.75, 3.05) is 11.1 Å². The van der Waals surface area contributed by atoms with E-state index in [1.165, 1.54) is 0 Å². The number of imidazole rings is 1. The van der Waals surface area contributed by atoms with Crippen LogP contribution in [0, 0.1) is 0 Å². The Hall–Kier alpha value is -2.63. The van der Waals surface area contributed by atoms with Gasteiger partial charge < -0.3 is 15.6 Å². The van der Waals surface area contributed by atoms with Crippen LogP contribution >= 0.6 is 0 Å². The number of nitrogens with zero attached hydrogens (tertiary/aromatic N) is 4. The van der Waals surface area contributed by atoms with E-state index in [4.69, 9.17) is 5.73 Å². The SMILES string of the molecule is CC(C)n1cnc2c(N)nc(Nc3ccccc3)nc21. The van der Waals surface area contributed by atoms with Crippen molar-refractivity contribution in [1.82, 2.24) is 19.5 Å². The van der Waals surface area contributed by atoms with Gasteiger partial charge in [-0.3, -0.25) is 0 Å². The van der Waals surface area contributed by atoms with Crippen molar-refractivity contribution < 1.29 is 0 Å². The smallest absolute Gasteiger partial charge is 0.231 e. The number of anilines is 3. The molecule has 3 rings (SSSR count). The highest BCUT2D eigenvalue weighted by Gasteiger charge is 2.12. The van der Waals surface area contributed by atoms with Gasteiger partial charge in [0.15, 0.2) is 11.5 Å². The summed E-state index contributed by atoms with van der Waals surface area (Å²) in [4.78, 5) is 13.0. The Bertz CT molecular complexity index is 732. The van der Waals surface area contributed by atoms with Gasteiger partial charge in [0.25, 0.3) is 0 Å². The molecule has 1 aromatic carbocycles. The fraction of sp³-hybridized carbons (Fsp3) is 0.214. The van der Waals surface area contributed by atoms with Crippen LogP contribution in [0.5, 0.6) is 0 Å². The summed E-state index contributed by atoms with van der Waals surface area (Å²) in [5.74, 6) is 0.858. The molecule has 2 heterocycles. The second kappa shape index (κ2) is 4.80. The van der Waals surface area contributed by atoms with Crippen LogP contribution < -0.4 is 11.1 Å². The Labute approximate surface area is 116 Å². The monoisotopic (exact) mass is 268 g/mol. The predicted molar refractivity (Wildman–Crippen MR) is 79.8 cm³/mol. The van der Waals surface area contributed by atoms with Crippen molar-refractivity contribution in [2.45, 2.75) is 19.9 Å². The molecule has 0 aliphatic rings. The summed E-state index contributed by atoms with van der Waals surface area (Å²) < 4.78 is 1.98. The fourth-order valence-electron chi connectivity index (χ4n) is 2.02. The first-order chi connectivity index (χ1) is 9.65. The van der Waals surface area contributed by atoms with Gasteiger partial charge in [0.05, 0.1) is 6.33 Å². The Morgan fingerprint density at radius 2 is 1.90 bits per heavy atom. The summed E-state index contributed by atoms with van der Waals surface area (Å²) in [7, 11) is 0. The molecule has 0 radical (unpaired) electrons. The Kier molecular flexibility index (Phi) is 2.98. The third kappa shape index (κ3) is 2.16.